The molecule has 0 saturated carbocycles. The van der Waals surface area contributed by atoms with Crippen LogP contribution >= 0.6 is 0 Å². The van der Waals surface area contributed by atoms with E-state index in [1.54, 1.807) is 0 Å². The molecule has 2 nitrogen and oxygen atoms in total. The Morgan fingerprint density at radius 2 is 1.80 bits per heavy atom. The molecule has 0 aliphatic rings. The van der Waals surface area contributed by atoms with Gasteiger partial charge in [-0.25, -0.2) is 0 Å². The van der Waals surface area contributed by atoms with E-state index >= 15 is 0 Å². The minimum Gasteiger partial charge on any atom is -0.309 e. The second kappa shape index (κ2) is 10.1. The minimum absolute atomic E-state index is 0.202. The first-order valence-corrected chi connectivity index (χ1v) is 9.28. The monoisotopic (exact) mass is 295 g/mol. The van der Waals surface area contributed by atoms with Gasteiger partial charge in [0.15, 0.2) is 0 Å². The predicted octanol–water partition coefficient (Wildman–Crippen LogP) is 4.05. The first kappa shape index (κ1) is 17.4. The molecule has 114 valence electrons. The standard InChI is InChI=1S/C17H29NOS/c1-4-7-11-14-20(19)16(5-2)17(18-6-3)15-12-9-8-10-13-15/h8-10,12-13,16-18H,4-7,11,14H2,1-3H3. The van der Waals surface area contributed by atoms with Crippen molar-refractivity contribution in [2.24, 2.45) is 0 Å². The molecule has 0 fully saturated rings. The fourth-order valence-corrected chi connectivity index (χ4v) is 4.28. The van der Waals surface area contributed by atoms with Gasteiger partial charge in [-0.3, -0.25) is 4.21 Å². The summed E-state index contributed by atoms with van der Waals surface area (Å²) in [5, 5.41) is 3.73. The van der Waals surface area contributed by atoms with Crippen molar-refractivity contribution in [2.75, 3.05) is 12.3 Å². The van der Waals surface area contributed by atoms with Crippen LogP contribution in [0.3, 0.4) is 0 Å². The largest absolute Gasteiger partial charge is 0.309 e. The molecule has 3 atom stereocenters. The SMILES string of the molecule is CCCCCS(=O)C(CC)C(NCC)c1ccccc1. The quantitative estimate of drug-likeness (QED) is 0.660. The Labute approximate surface area is 126 Å². The molecular weight excluding hydrogens is 266 g/mol. The predicted molar refractivity (Wildman–Crippen MR) is 89.5 cm³/mol. The zero-order valence-corrected chi connectivity index (χ0v) is 13.9. The van der Waals surface area contributed by atoms with Crippen LogP contribution in [-0.2, 0) is 10.8 Å². The van der Waals surface area contributed by atoms with E-state index < -0.39 is 10.8 Å². The van der Waals surface area contributed by atoms with Crippen LogP contribution in [0.2, 0.25) is 0 Å². The average molecular weight is 295 g/mol. The Hall–Kier alpha value is -0.670. The van der Waals surface area contributed by atoms with Crippen molar-refractivity contribution in [3.63, 3.8) is 0 Å². The van der Waals surface area contributed by atoms with Crippen LogP contribution in [0.15, 0.2) is 30.3 Å². The van der Waals surface area contributed by atoms with Crippen molar-refractivity contribution in [3.8, 4) is 0 Å². The van der Waals surface area contributed by atoms with Gasteiger partial charge in [-0.1, -0.05) is 63.9 Å². The van der Waals surface area contributed by atoms with Crippen molar-refractivity contribution in [1.29, 1.82) is 0 Å². The molecule has 0 saturated heterocycles. The molecule has 0 spiro atoms. The molecule has 1 N–H and O–H groups in total. The number of hydrogen-bond donors (Lipinski definition) is 1. The highest BCUT2D eigenvalue weighted by Crippen LogP contribution is 2.24. The Balaban J connectivity index is 2.78. The number of hydrogen-bond acceptors (Lipinski definition) is 2. The van der Waals surface area contributed by atoms with E-state index in [1.807, 2.05) is 6.07 Å². The highest BCUT2D eigenvalue weighted by Gasteiger charge is 2.25. The maximum atomic E-state index is 12.6. The van der Waals surface area contributed by atoms with Gasteiger partial charge < -0.3 is 5.32 Å². The van der Waals surface area contributed by atoms with E-state index in [4.69, 9.17) is 0 Å². The summed E-state index contributed by atoms with van der Waals surface area (Å²) in [4.78, 5) is 0. The Kier molecular flexibility index (Phi) is 8.79. The van der Waals surface area contributed by atoms with Gasteiger partial charge in [0.25, 0.3) is 0 Å². The number of nitrogens with one attached hydrogen (secondary N) is 1. The molecule has 0 heterocycles. The maximum Gasteiger partial charge on any atom is 0.0540 e. The van der Waals surface area contributed by atoms with Gasteiger partial charge in [0, 0.05) is 22.6 Å². The van der Waals surface area contributed by atoms with Crippen LogP contribution in [0.25, 0.3) is 0 Å². The fraction of sp³-hybridized carbons (Fsp3) is 0.647. The van der Waals surface area contributed by atoms with Gasteiger partial charge in [0.1, 0.15) is 0 Å². The molecule has 1 rings (SSSR count). The second-order valence-electron chi connectivity index (χ2n) is 5.18. The van der Waals surface area contributed by atoms with E-state index in [1.165, 1.54) is 18.4 Å². The van der Waals surface area contributed by atoms with Gasteiger partial charge in [0.2, 0.25) is 0 Å². The number of unbranched alkanes of at least 4 members (excludes halogenated alkanes) is 2. The smallest absolute Gasteiger partial charge is 0.0540 e. The van der Waals surface area contributed by atoms with Gasteiger partial charge in [-0.05, 0) is 24.9 Å². The lowest BCUT2D eigenvalue weighted by Crippen LogP contribution is -2.35. The molecule has 0 radical (unpaired) electrons. The summed E-state index contributed by atoms with van der Waals surface area (Å²) in [5.41, 5.74) is 1.25. The summed E-state index contributed by atoms with van der Waals surface area (Å²) < 4.78 is 12.6. The van der Waals surface area contributed by atoms with Crippen LogP contribution in [0, 0.1) is 0 Å². The lowest BCUT2D eigenvalue weighted by molar-refractivity contribution is 0.509. The topological polar surface area (TPSA) is 29.1 Å². The molecule has 0 amide bonds. The molecule has 0 bridgehead atoms. The van der Waals surface area contributed by atoms with Crippen LogP contribution < -0.4 is 5.32 Å². The maximum absolute atomic E-state index is 12.6. The molecule has 1 aromatic rings. The van der Waals surface area contributed by atoms with Crippen LogP contribution in [0.5, 0.6) is 0 Å². The van der Waals surface area contributed by atoms with Crippen LogP contribution in [0.4, 0.5) is 0 Å². The van der Waals surface area contributed by atoms with Crippen molar-refractivity contribution in [2.45, 2.75) is 57.7 Å². The fourth-order valence-electron chi connectivity index (χ4n) is 2.56. The van der Waals surface area contributed by atoms with E-state index in [2.05, 4.69) is 50.4 Å². The van der Waals surface area contributed by atoms with Crippen molar-refractivity contribution in [1.82, 2.24) is 5.32 Å². The summed E-state index contributed by atoms with van der Waals surface area (Å²) in [6, 6.07) is 10.6. The van der Waals surface area contributed by atoms with Crippen LogP contribution in [0.1, 0.15) is 58.1 Å². The number of benzene rings is 1. The van der Waals surface area contributed by atoms with Crippen LogP contribution in [-0.4, -0.2) is 21.8 Å². The highest BCUT2D eigenvalue weighted by atomic mass is 32.2. The van der Waals surface area contributed by atoms with Gasteiger partial charge in [-0.15, -0.1) is 0 Å². The first-order chi connectivity index (χ1) is 9.74. The molecule has 20 heavy (non-hydrogen) atoms. The third-order valence-corrected chi connectivity index (χ3v) is 5.62. The van der Waals surface area contributed by atoms with E-state index in [9.17, 15) is 4.21 Å². The molecule has 1 aromatic carbocycles. The first-order valence-electron chi connectivity index (χ1n) is 7.90. The summed E-state index contributed by atoms with van der Waals surface area (Å²) in [6.45, 7) is 7.35. The van der Waals surface area contributed by atoms with Crippen molar-refractivity contribution in [3.05, 3.63) is 35.9 Å². The van der Waals surface area contributed by atoms with E-state index in [0.29, 0.717) is 0 Å². The molecule has 0 aliphatic carbocycles. The third-order valence-electron chi connectivity index (χ3n) is 3.64. The molecule has 0 aliphatic heterocycles. The minimum atomic E-state index is -0.754. The second-order valence-corrected chi connectivity index (χ2v) is 6.96. The van der Waals surface area contributed by atoms with E-state index in [-0.39, 0.29) is 11.3 Å². The summed E-state index contributed by atoms with van der Waals surface area (Å²) in [5.74, 6) is 0.834. The van der Waals surface area contributed by atoms with Gasteiger partial charge in [0.05, 0.1) is 5.25 Å². The third kappa shape index (κ3) is 5.37. The molecule has 3 heteroatoms. The lowest BCUT2D eigenvalue weighted by Gasteiger charge is -2.27. The van der Waals surface area contributed by atoms with Crippen molar-refractivity contribution < 1.29 is 4.21 Å². The normalized spacial score (nSPS) is 15.8. The Morgan fingerprint density at radius 1 is 1.10 bits per heavy atom. The highest BCUT2D eigenvalue weighted by molar-refractivity contribution is 7.85. The molecule has 0 aromatic heterocycles. The molecular formula is C17H29NOS. The summed E-state index contributed by atoms with van der Waals surface area (Å²) >= 11 is 0. The zero-order chi connectivity index (χ0) is 14.8. The van der Waals surface area contributed by atoms with Gasteiger partial charge >= 0.3 is 0 Å². The number of rotatable bonds is 10. The Bertz CT molecular complexity index is 380. The summed E-state index contributed by atoms with van der Waals surface area (Å²) in [6.07, 6.45) is 4.39. The average Bonchev–Trinajstić information content (AvgIpc) is 2.48. The summed E-state index contributed by atoms with van der Waals surface area (Å²) in [7, 11) is -0.754. The van der Waals surface area contributed by atoms with Crippen molar-refractivity contribution >= 4 is 10.8 Å². The van der Waals surface area contributed by atoms with Gasteiger partial charge in [-0.2, -0.15) is 0 Å². The zero-order valence-electron chi connectivity index (χ0n) is 13.1. The Morgan fingerprint density at radius 3 is 2.35 bits per heavy atom. The lowest BCUT2D eigenvalue weighted by atomic mass is 10.0. The van der Waals surface area contributed by atoms with E-state index in [0.717, 1.165) is 25.1 Å². The molecule has 3 unspecified atom stereocenters.